The standard InChI is InChI=1S/C19H42NO.HI/c1-4-5-6-7-8-9-10-11-12-13-14-15-17-20(2,3)18-16-19-21;/h21H,4-19H2,1-3H3;1H/q+1;/p-1. The smallest absolute Gasteiger partial charge is 0.0804 e. The number of unbranched alkanes of at least 4 members (excludes halogenated alkanes) is 11. The van der Waals surface area contributed by atoms with Gasteiger partial charge in [-0.15, -0.1) is 0 Å². The predicted octanol–water partition coefficient (Wildman–Crippen LogP) is 2.15. The van der Waals surface area contributed by atoms with Crippen LogP contribution in [-0.2, 0) is 0 Å². The van der Waals surface area contributed by atoms with E-state index in [4.69, 9.17) is 5.11 Å². The first-order valence-corrected chi connectivity index (χ1v) is 9.55. The molecule has 0 radical (unpaired) electrons. The van der Waals surface area contributed by atoms with Crippen molar-refractivity contribution in [3.8, 4) is 0 Å². The molecule has 22 heavy (non-hydrogen) atoms. The van der Waals surface area contributed by atoms with Gasteiger partial charge in [0.15, 0.2) is 0 Å². The summed E-state index contributed by atoms with van der Waals surface area (Å²) in [6, 6.07) is 0. The van der Waals surface area contributed by atoms with Gasteiger partial charge in [-0.3, -0.25) is 0 Å². The summed E-state index contributed by atoms with van der Waals surface area (Å²) in [5.41, 5.74) is 0. The van der Waals surface area contributed by atoms with Crippen LogP contribution in [0.2, 0.25) is 0 Å². The molecule has 0 unspecified atom stereocenters. The summed E-state index contributed by atoms with van der Waals surface area (Å²) in [6.45, 7) is 4.98. The molecule has 0 bridgehead atoms. The summed E-state index contributed by atoms with van der Waals surface area (Å²) in [7, 11) is 4.57. The lowest BCUT2D eigenvalue weighted by Gasteiger charge is -2.29. The maximum absolute atomic E-state index is 8.89. The molecular formula is C19H42INO. The van der Waals surface area contributed by atoms with E-state index in [-0.39, 0.29) is 24.0 Å². The third kappa shape index (κ3) is 18.7. The third-order valence-corrected chi connectivity index (χ3v) is 4.54. The van der Waals surface area contributed by atoms with Crippen molar-refractivity contribution >= 4 is 0 Å². The maximum atomic E-state index is 8.89. The van der Waals surface area contributed by atoms with Crippen LogP contribution in [-0.4, -0.2) is 43.4 Å². The highest BCUT2D eigenvalue weighted by Gasteiger charge is 2.12. The van der Waals surface area contributed by atoms with Crippen molar-refractivity contribution < 1.29 is 33.6 Å². The average molecular weight is 427 g/mol. The summed E-state index contributed by atoms with van der Waals surface area (Å²) < 4.78 is 1.07. The van der Waals surface area contributed by atoms with Gasteiger partial charge in [0.2, 0.25) is 0 Å². The maximum Gasteiger partial charge on any atom is 0.0804 e. The Hall–Kier alpha value is 0.650. The number of hydrogen-bond donors (Lipinski definition) is 1. The molecular weight excluding hydrogens is 385 g/mol. The summed E-state index contributed by atoms with van der Waals surface area (Å²) in [5, 5.41) is 8.89. The molecule has 136 valence electrons. The Bertz CT molecular complexity index is 210. The Morgan fingerprint density at radius 1 is 0.591 bits per heavy atom. The molecule has 0 spiro atoms. The molecule has 0 aromatic rings. The first-order chi connectivity index (χ1) is 10.1. The Morgan fingerprint density at radius 3 is 1.36 bits per heavy atom. The molecule has 0 saturated carbocycles. The van der Waals surface area contributed by atoms with Crippen LogP contribution in [0.5, 0.6) is 0 Å². The second-order valence-electron chi connectivity index (χ2n) is 7.35. The van der Waals surface area contributed by atoms with Crippen molar-refractivity contribution in [2.45, 2.75) is 90.4 Å². The molecule has 0 atom stereocenters. The second-order valence-corrected chi connectivity index (χ2v) is 7.35. The van der Waals surface area contributed by atoms with Gasteiger partial charge in [0.05, 0.1) is 27.2 Å². The summed E-state index contributed by atoms with van der Waals surface area (Å²) in [5.74, 6) is 0. The molecule has 0 heterocycles. The summed E-state index contributed by atoms with van der Waals surface area (Å²) in [6.07, 6.45) is 18.0. The zero-order valence-electron chi connectivity index (χ0n) is 15.6. The highest BCUT2D eigenvalue weighted by molar-refractivity contribution is 4.48. The highest BCUT2D eigenvalue weighted by Crippen LogP contribution is 2.12. The van der Waals surface area contributed by atoms with Crippen LogP contribution in [0.25, 0.3) is 0 Å². The molecule has 2 nitrogen and oxygen atoms in total. The topological polar surface area (TPSA) is 20.2 Å². The molecule has 0 aliphatic rings. The van der Waals surface area contributed by atoms with Crippen LogP contribution in [0.4, 0.5) is 0 Å². The lowest BCUT2D eigenvalue weighted by molar-refractivity contribution is -0.890. The number of hydrogen-bond acceptors (Lipinski definition) is 1. The van der Waals surface area contributed by atoms with Gasteiger partial charge < -0.3 is 33.6 Å². The van der Waals surface area contributed by atoms with Crippen molar-refractivity contribution in [3.63, 3.8) is 0 Å². The summed E-state index contributed by atoms with van der Waals surface area (Å²) >= 11 is 0. The van der Waals surface area contributed by atoms with Crippen molar-refractivity contribution in [3.05, 3.63) is 0 Å². The zero-order valence-corrected chi connectivity index (χ0v) is 17.7. The van der Waals surface area contributed by atoms with Crippen LogP contribution < -0.4 is 24.0 Å². The molecule has 0 aromatic heterocycles. The van der Waals surface area contributed by atoms with Gasteiger partial charge in [0.1, 0.15) is 0 Å². The van der Waals surface area contributed by atoms with E-state index in [1.165, 1.54) is 83.6 Å². The van der Waals surface area contributed by atoms with Gasteiger partial charge in [0.25, 0.3) is 0 Å². The molecule has 0 rings (SSSR count). The number of nitrogens with zero attached hydrogens (tertiary/aromatic N) is 1. The van der Waals surface area contributed by atoms with Crippen molar-refractivity contribution in [1.29, 1.82) is 0 Å². The zero-order chi connectivity index (χ0) is 15.8. The lowest BCUT2D eigenvalue weighted by Crippen LogP contribution is -3.00. The molecule has 0 saturated heterocycles. The Balaban J connectivity index is 0. The lowest BCUT2D eigenvalue weighted by atomic mass is 10.1. The van der Waals surface area contributed by atoms with Gasteiger partial charge in [-0.1, -0.05) is 71.1 Å². The van der Waals surface area contributed by atoms with Crippen LogP contribution in [0.3, 0.4) is 0 Å². The Kier molecular flexibility index (Phi) is 20.4. The average Bonchev–Trinajstić information content (AvgIpc) is 2.46. The Morgan fingerprint density at radius 2 is 0.955 bits per heavy atom. The third-order valence-electron chi connectivity index (χ3n) is 4.54. The van der Waals surface area contributed by atoms with E-state index < -0.39 is 0 Å². The minimum Gasteiger partial charge on any atom is -1.00 e. The molecule has 0 aliphatic heterocycles. The first-order valence-electron chi connectivity index (χ1n) is 9.55. The second kappa shape index (κ2) is 18.0. The van der Waals surface area contributed by atoms with E-state index in [1.807, 2.05) is 0 Å². The number of aliphatic hydroxyl groups excluding tert-OH is 1. The fourth-order valence-electron chi connectivity index (χ4n) is 2.99. The van der Waals surface area contributed by atoms with Crippen molar-refractivity contribution in [2.24, 2.45) is 0 Å². The van der Waals surface area contributed by atoms with Gasteiger partial charge in [-0.2, -0.15) is 0 Å². The van der Waals surface area contributed by atoms with Gasteiger partial charge >= 0.3 is 0 Å². The van der Waals surface area contributed by atoms with E-state index in [0.29, 0.717) is 6.61 Å². The quantitative estimate of drug-likeness (QED) is 0.227. The molecule has 0 aromatic carbocycles. The Labute approximate surface area is 157 Å². The number of halogens is 1. The number of quaternary nitrogens is 1. The number of aliphatic hydroxyl groups is 1. The molecule has 1 N–H and O–H groups in total. The van der Waals surface area contributed by atoms with Crippen molar-refractivity contribution in [1.82, 2.24) is 0 Å². The minimum atomic E-state index is 0. The van der Waals surface area contributed by atoms with Crippen LogP contribution in [0.15, 0.2) is 0 Å². The normalized spacial score (nSPS) is 11.5. The number of rotatable bonds is 16. The highest BCUT2D eigenvalue weighted by atomic mass is 127. The van der Waals surface area contributed by atoms with Gasteiger partial charge in [-0.25, -0.2) is 0 Å². The fourth-order valence-corrected chi connectivity index (χ4v) is 2.99. The molecule has 0 amide bonds. The van der Waals surface area contributed by atoms with Gasteiger partial charge in [-0.05, 0) is 12.8 Å². The van der Waals surface area contributed by atoms with E-state index in [0.717, 1.165) is 17.4 Å². The van der Waals surface area contributed by atoms with Crippen LogP contribution >= 0.6 is 0 Å². The SMILES string of the molecule is CCCCCCCCCCCCCC[N+](C)(C)CCCO.[I-]. The summed E-state index contributed by atoms with van der Waals surface area (Å²) in [4.78, 5) is 0. The van der Waals surface area contributed by atoms with Crippen LogP contribution in [0.1, 0.15) is 90.4 Å². The first kappa shape index (κ1) is 24.9. The fraction of sp³-hybridized carbons (Fsp3) is 1.00. The van der Waals surface area contributed by atoms with E-state index in [9.17, 15) is 0 Å². The minimum absolute atomic E-state index is 0. The van der Waals surface area contributed by atoms with E-state index >= 15 is 0 Å². The van der Waals surface area contributed by atoms with Crippen LogP contribution in [0, 0.1) is 0 Å². The monoisotopic (exact) mass is 427 g/mol. The predicted molar refractivity (Wildman–Crippen MR) is 94.6 cm³/mol. The van der Waals surface area contributed by atoms with Gasteiger partial charge in [0, 0.05) is 13.0 Å². The molecule has 0 aliphatic carbocycles. The molecule has 0 fully saturated rings. The largest absolute Gasteiger partial charge is 1.00 e. The van der Waals surface area contributed by atoms with E-state index in [1.54, 1.807) is 0 Å². The molecule has 3 heteroatoms. The van der Waals surface area contributed by atoms with E-state index in [2.05, 4.69) is 21.0 Å². The van der Waals surface area contributed by atoms with Crippen molar-refractivity contribution in [2.75, 3.05) is 33.8 Å².